The van der Waals surface area contributed by atoms with Crippen LogP contribution in [0.3, 0.4) is 0 Å². The van der Waals surface area contributed by atoms with E-state index in [0.717, 1.165) is 29.6 Å². The van der Waals surface area contributed by atoms with E-state index >= 15 is 0 Å². The summed E-state index contributed by atoms with van der Waals surface area (Å²) < 4.78 is 28.2. The van der Waals surface area contributed by atoms with Crippen molar-refractivity contribution in [2.75, 3.05) is 32.4 Å². The molecule has 2 unspecified atom stereocenters. The van der Waals surface area contributed by atoms with Gasteiger partial charge in [0.1, 0.15) is 0 Å². The standard InChI is InChI=1S/C19H26N2O4S/c1-19(18(22)25-4,26(5,23)24)12-6-8-14-15-11-13(21(2)3)7-9-16(15)20-17(14)10-12/h7,9,11-12,20H,6,8,10H2,1-5H3. The van der Waals surface area contributed by atoms with Crippen molar-refractivity contribution < 1.29 is 17.9 Å². The van der Waals surface area contributed by atoms with Crippen molar-refractivity contribution in [2.45, 2.75) is 30.9 Å². The Bertz CT molecular complexity index is 961. The number of nitrogens with zero attached hydrogens (tertiary/aromatic N) is 1. The van der Waals surface area contributed by atoms with Gasteiger partial charge in [0.25, 0.3) is 0 Å². The predicted molar refractivity (Wildman–Crippen MR) is 103 cm³/mol. The van der Waals surface area contributed by atoms with Crippen LogP contribution in [0, 0.1) is 5.92 Å². The Morgan fingerprint density at radius 1 is 1.35 bits per heavy atom. The maximum atomic E-state index is 12.4. The summed E-state index contributed by atoms with van der Waals surface area (Å²) in [5.74, 6) is -1.00. The minimum atomic E-state index is -3.62. The van der Waals surface area contributed by atoms with Gasteiger partial charge in [-0.05, 0) is 55.9 Å². The van der Waals surface area contributed by atoms with E-state index in [2.05, 4.69) is 22.0 Å². The van der Waals surface area contributed by atoms with Crippen LogP contribution < -0.4 is 4.90 Å². The van der Waals surface area contributed by atoms with E-state index in [1.165, 1.54) is 25.0 Å². The van der Waals surface area contributed by atoms with Crippen LogP contribution in [0.1, 0.15) is 24.6 Å². The molecule has 0 amide bonds. The van der Waals surface area contributed by atoms with Crippen molar-refractivity contribution in [3.05, 3.63) is 29.5 Å². The quantitative estimate of drug-likeness (QED) is 0.826. The van der Waals surface area contributed by atoms with Gasteiger partial charge in [-0.1, -0.05) is 0 Å². The molecule has 6 nitrogen and oxygen atoms in total. The van der Waals surface area contributed by atoms with Crippen molar-refractivity contribution >= 4 is 32.4 Å². The maximum absolute atomic E-state index is 12.4. The zero-order chi connectivity index (χ0) is 19.3. The normalized spacial score (nSPS) is 19.7. The number of hydrogen-bond donors (Lipinski definition) is 1. The number of fused-ring (bicyclic) bond motifs is 3. The highest BCUT2D eigenvalue weighted by atomic mass is 32.2. The van der Waals surface area contributed by atoms with E-state index in [4.69, 9.17) is 4.74 Å². The van der Waals surface area contributed by atoms with Gasteiger partial charge in [-0.15, -0.1) is 0 Å². The lowest BCUT2D eigenvalue weighted by Crippen LogP contribution is -2.51. The Kier molecular flexibility index (Phi) is 4.55. The van der Waals surface area contributed by atoms with Gasteiger partial charge in [0.05, 0.1) is 7.11 Å². The first kappa shape index (κ1) is 18.8. The summed E-state index contributed by atoms with van der Waals surface area (Å²) in [6, 6.07) is 6.26. The lowest BCUT2D eigenvalue weighted by Gasteiger charge is -2.35. The summed E-state index contributed by atoms with van der Waals surface area (Å²) in [5.41, 5.74) is 4.41. The minimum Gasteiger partial charge on any atom is -0.468 e. The molecule has 0 fully saturated rings. The molecule has 7 heteroatoms. The number of nitrogens with one attached hydrogen (secondary N) is 1. The monoisotopic (exact) mass is 378 g/mol. The lowest BCUT2D eigenvalue weighted by molar-refractivity contribution is -0.145. The van der Waals surface area contributed by atoms with Crippen LogP contribution in [-0.4, -0.2) is 51.6 Å². The van der Waals surface area contributed by atoms with Gasteiger partial charge in [0.15, 0.2) is 14.6 Å². The second-order valence-corrected chi connectivity index (χ2v) is 9.91. The smallest absolute Gasteiger partial charge is 0.327 e. The number of rotatable bonds is 4. The highest BCUT2D eigenvalue weighted by Gasteiger charge is 2.52. The number of aromatic nitrogens is 1. The molecule has 2 atom stereocenters. The number of esters is 1. The molecular weight excluding hydrogens is 352 g/mol. The molecule has 0 aliphatic heterocycles. The lowest BCUT2D eigenvalue weighted by atomic mass is 9.79. The van der Waals surface area contributed by atoms with Crippen LogP contribution in [0.15, 0.2) is 18.2 Å². The third-order valence-corrected chi connectivity index (χ3v) is 7.87. The van der Waals surface area contributed by atoms with Crippen molar-refractivity contribution in [1.29, 1.82) is 0 Å². The molecule has 2 aromatic rings. The van der Waals surface area contributed by atoms with E-state index in [9.17, 15) is 13.2 Å². The molecule has 3 rings (SSSR count). The topological polar surface area (TPSA) is 79.5 Å². The number of H-pyrrole nitrogens is 1. The van der Waals surface area contributed by atoms with Crippen molar-refractivity contribution in [2.24, 2.45) is 5.92 Å². The number of methoxy groups -OCH3 is 1. The SMILES string of the molecule is COC(=O)C(C)(C1CCc2c([nH]c3ccc(N(C)C)cc23)C1)S(C)(=O)=O. The molecule has 1 aliphatic carbocycles. The van der Waals surface area contributed by atoms with Gasteiger partial charge >= 0.3 is 5.97 Å². The molecule has 0 spiro atoms. The Morgan fingerprint density at radius 3 is 2.62 bits per heavy atom. The maximum Gasteiger partial charge on any atom is 0.327 e. The molecule has 0 bridgehead atoms. The molecule has 1 heterocycles. The predicted octanol–water partition coefficient (Wildman–Crippen LogP) is 2.32. The van der Waals surface area contributed by atoms with Gasteiger partial charge in [-0.3, -0.25) is 4.79 Å². The fourth-order valence-electron chi connectivity index (χ4n) is 3.99. The number of anilines is 1. The summed E-state index contributed by atoms with van der Waals surface area (Å²) in [6.45, 7) is 1.50. The van der Waals surface area contributed by atoms with Crippen molar-refractivity contribution in [3.63, 3.8) is 0 Å². The van der Waals surface area contributed by atoms with Gasteiger partial charge < -0.3 is 14.6 Å². The molecule has 0 radical (unpaired) electrons. The highest BCUT2D eigenvalue weighted by molar-refractivity contribution is 7.92. The average molecular weight is 378 g/mol. The van der Waals surface area contributed by atoms with Crippen LogP contribution in [0.5, 0.6) is 0 Å². The van der Waals surface area contributed by atoms with Gasteiger partial charge in [-0.25, -0.2) is 8.42 Å². The number of carbonyl (C=O) groups is 1. The van der Waals surface area contributed by atoms with E-state index in [-0.39, 0.29) is 5.92 Å². The van der Waals surface area contributed by atoms with Crippen LogP contribution >= 0.6 is 0 Å². The van der Waals surface area contributed by atoms with Gasteiger partial charge in [0, 0.05) is 42.6 Å². The molecule has 0 saturated heterocycles. The van der Waals surface area contributed by atoms with Crippen molar-refractivity contribution in [1.82, 2.24) is 4.98 Å². The summed E-state index contributed by atoms with van der Waals surface area (Å²) in [7, 11) is 1.63. The molecule has 1 aromatic heterocycles. The number of ether oxygens (including phenoxy) is 1. The number of sulfone groups is 1. The fraction of sp³-hybridized carbons (Fsp3) is 0.526. The molecule has 1 aliphatic rings. The largest absolute Gasteiger partial charge is 0.468 e. The fourth-order valence-corrected chi connectivity index (χ4v) is 5.18. The zero-order valence-corrected chi connectivity index (χ0v) is 16.7. The molecule has 0 saturated carbocycles. The van der Waals surface area contributed by atoms with Crippen LogP contribution in [0.4, 0.5) is 5.69 Å². The number of aryl methyl sites for hydroxylation is 1. The van der Waals surface area contributed by atoms with E-state index < -0.39 is 20.6 Å². The molecule has 1 N–H and O–H groups in total. The van der Waals surface area contributed by atoms with Crippen LogP contribution in [0.2, 0.25) is 0 Å². The Balaban J connectivity index is 2.04. The van der Waals surface area contributed by atoms with Gasteiger partial charge in [-0.2, -0.15) is 0 Å². The second kappa shape index (κ2) is 6.30. The second-order valence-electron chi connectivity index (χ2n) is 7.52. The van der Waals surface area contributed by atoms with E-state index in [1.807, 2.05) is 20.2 Å². The first-order valence-electron chi connectivity index (χ1n) is 8.68. The van der Waals surface area contributed by atoms with E-state index in [1.54, 1.807) is 0 Å². The van der Waals surface area contributed by atoms with Crippen LogP contribution in [-0.2, 0) is 32.2 Å². The highest BCUT2D eigenvalue weighted by Crippen LogP contribution is 2.40. The minimum absolute atomic E-state index is 0.321. The third-order valence-electron chi connectivity index (χ3n) is 5.83. The third kappa shape index (κ3) is 2.78. The number of benzene rings is 1. The number of carbonyl (C=O) groups excluding carboxylic acids is 1. The molecule has 142 valence electrons. The molecule has 26 heavy (non-hydrogen) atoms. The summed E-state index contributed by atoms with van der Waals surface area (Å²) in [6.07, 6.45) is 3.00. The summed E-state index contributed by atoms with van der Waals surface area (Å²) in [4.78, 5) is 17.9. The van der Waals surface area contributed by atoms with E-state index in [0.29, 0.717) is 12.8 Å². The Hall–Kier alpha value is -2.02. The first-order chi connectivity index (χ1) is 12.1. The molecule has 1 aromatic carbocycles. The number of aromatic amines is 1. The Labute approximate surface area is 154 Å². The number of hydrogen-bond acceptors (Lipinski definition) is 5. The van der Waals surface area contributed by atoms with Gasteiger partial charge in [0.2, 0.25) is 0 Å². The summed E-state index contributed by atoms with van der Waals surface area (Å²) >= 11 is 0. The molecular formula is C19H26N2O4S. The Morgan fingerprint density at radius 2 is 2.04 bits per heavy atom. The van der Waals surface area contributed by atoms with Crippen LogP contribution in [0.25, 0.3) is 10.9 Å². The van der Waals surface area contributed by atoms with Crippen molar-refractivity contribution in [3.8, 4) is 0 Å². The first-order valence-corrected chi connectivity index (χ1v) is 10.6. The average Bonchev–Trinajstić information content (AvgIpc) is 2.95. The zero-order valence-electron chi connectivity index (χ0n) is 15.9. The summed E-state index contributed by atoms with van der Waals surface area (Å²) in [5, 5.41) is 1.17.